The first-order valence-corrected chi connectivity index (χ1v) is 50.0. The molecule has 807 valence electrons. The summed E-state index contributed by atoms with van der Waals surface area (Å²) >= 11 is 0. The molecule has 0 aliphatic rings. The molecule has 15 aromatic rings. The van der Waals surface area contributed by atoms with Crippen molar-refractivity contribution in [1.82, 2.24) is 24.9 Å². The Morgan fingerprint density at radius 2 is 0.463 bits per heavy atom. The van der Waals surface area contributed by atoms with Crippen LogP contribution in [0.5, 0.6) is 0 Å². The second-order valence-corrected chi connectivity index (χ2v) is 40.6. The van der Waals surface area contributed by atoms with Gasteiger partial charge in [-0.15, -0.1) is 173 Å². The topological polar surface area (TPSA) is 267 Å². The van der Waals surface area contributed by atoms with Gasteiger partial charge in [0.15, 0.2) is 0 Å². The number of aliphatic hydroxyl groups is 10. The van der Waals surface area contributed by atoms with Crippen molar-refractivity contribution in [3.8, 4) is 56.3 Å². The van der Waals surface area contributed by atoms with Crippen LogP contribution < -0.4 is 0 Å². The molecule has 10 unspecified atom stereocenters. The maximum atomic E-state index is 8.56. The van der Waals surface area contributed by atoms with E-state index in [-0.39, 0.29) is 162 Å². The predicted octanol–water partition coefficient (Wildman–Crippen LogP) is 27.5. The van der Waals surface area contributed by atoms with E-state index in [2.05, 4.69) is 357 Å². The quantitative estimate of drug-likeness (QED) is 0.0428. The molecule has 147 heavy (non-hydrogen) atoms. The van der Waals surface area contributed by atoms with E-state index < -0.39 is 0 Å². The summed E-state index contributed by atoms with van der Waals surface area (Å²) in [5.41, 5.74) is 49.9. The average Bonchev–Trinajstić information content (AvgIpc) is 0.773. The summed E-state index contributed by atoms with van der Waals surface area (Å²) in [4.78, 5) is 24.7. The number of hydrogen-bond donors (Lipinski definition) is 10. The van der Waals surface area contributed by atoms with Crippen LogP contribution in [0.15, 0.2) is 140 Å². The van der Waals surface area contributed by atoms with Crippen LogP contribution >= 0.6 is 0 Å². The molecule has 5 radical (unpaired) electrons. The predicted molar refractivity (Wildman–Crippen MR) is 598 cm³/mol. The molecule has 0 aliphatic carbocycles. The zero-order chi connectivity index (χ0) is 107. The Labute approximate surface area is 948 Å². The molecule has 0 saturated heterocycles. The summed E-state index contributed by atoms with van der Waals surface area (Å²) in [6.45, 7) is 74.2. The number of fused-ring (bicyclic) bond motifs is 5. The fourth-order valence-corrected chi connectivity index (χ4v) is 17.5. The van der Waals surface area contributed by atoms with E-state index in [1.165, 1.54) is 166 Å². The minimum atomic E-state index is -0.375. The van der Waals surface area contributed by atoms with Crippen LogP contribution in [-0.2, 0) is 101 Å². The third-order valence-corrected chi connectivity index (χ3v) is 24.6. The van der Waals surface area contributed by atoms with Crippen LogP contribution in [0.25, 0.3) is 111 Å². The van der Waals surface area contributed by atoms with Gasteiger partial charge in [-0.1, -0.05) is 172 Å². The number of aliphatic hydroxyl groups excluding tert-OH is 10. The standard InChI is InChI=1S/2C21H22N.3C20H20N.5C5H12O2.5Ir/c1-12-7-14(3)17(6)19(9-12)21-16(5)11-18-15(4)8-13(2)10-20(18)22-21;1-12-9-14(3)19-11-15(4)21(22-20(19)10-12)18-8-7-13(2)16(5)17(18)6;1-12-6-13(2)9-17(8-12)20-16(5)11-18-15(4)7-14(3)10-19(18)21-20;1-12-8-15(4)18-11-16(5)20(21-19(18)9-12)17-7-6-13(2)14(3)10-17;1-12-6-7-14(3)18(9-12)20-16(5)11-17-15(4)8-13(2)10-19(17)21-20;5*1-4(6)3-5(2)7;;;;;/h7-8,10-11H,1-6H3;7,9-11H,1-6H3;6-8,10-11H,1-5H3;6,8-11H,1-5H3;6-8,10-11H,1-5H3;5*4-7H,3H2,1-2H3;;;;;/q5*-1;;;;;;;;;;. The van der Waals surface area contributed by atoms with Crippen molar-refractivity contribution in [2.75, 3.05) is 0 Å². The molecule has 0 spiro atoms. The van der Waals surface area contributed by atoms with Gasteiger partial charge >= 0.3 is 0 Å². The van der Waals surface area contributed by atoms with E-state index >= 15 is 0 Å². The van der Waals surface area contributed by atoms with Crippen molar-refractivity contribution in [1.29, 1.82) is 0 Å². The molecule has 15 rings (SSSR count). The van der Waals surface area contributed by atoms with Gasteiger partial charge in [0, 0.05) is 127 Å². The number of pyridine rings is 5. The fraction of sp³-hybridized carbons (Fsp3) is 0.409. The smallest absolute Gasteiger partial charge is 0.0600 e. The molecule has 0 amide bonds. The zero-order valence-electron chi connectivity index (χ0n) is 94.0. The van der Waals surface area contributed by atoms with Crippen LogP contribution in [0, 0.1) is 217 Å². The third kappa shape index (κ3) is 43.3. The van der Waals surface area contributed by atoms with Crippen molar-refractivity contribution in [2.24, 2.45) is 0 Å². The molecule has 5 heterocycles. The first-order valence-electron chi connectivity index (χ1n) is 50.0. The molecule has 10 aromatic carbocycles. The van der Waals surface area contributed by atoms with Crippen molar-refractivity contribution in [3.05, 3.63) is 320 Å². The van der Waals surface area contributed by atoms with Gasteiger partial charge in [0.1, 0.15) is 0 Å². The Morgan fingerprint density at radius 3 is 0.762 bits per heavy atom. The summed E-state index contributed by atoms with van der Waals surface area (Å²) in [5.74, 6) is 0. The van der Waals surface area contributed by atoms with Gasteiger partial charge < -0.3 is 51.1 Å². The van der Waals surface area contributed by atoms with Gasteiger partial charge in [-0.3, -0.25) is 24.9 Å². The van der Waals surface area contributed by atoms with E-state index in [4.69, 9.17) is 76.0 Å². The number of aromatic nitrogens is 5. The Hall–Kier alpha value is -7.90. The molecule has 0 bridgehead atoms. The maximum absolute atomic E-state index is 8.56. The largest absolute Gasteiger partial charge is 0.393 e. The summed E-state index contributed by atoms with van der Waals surface area (Å²) in [7, 11) is 0. The van der Waals surface area contributed by atoms with Crippen molar-refractivity contribution < 1.29 is 152 Å². The van der Waals surface area contributed by atoms with Gasteiger partial charge in [-0.25, -0.2) is 0 Å². The van der Waals surface area contributed by atoms with E-state index in [1.54, 1.807) is 69.2 Å². The van der Waals surface area contributed by atoms with Crippen LogP contribution in [0.3, 0.4) is 0 Å². The van der Waals surface area contributed by atoms with E-state index in [0.717, 1.165) is 95.0 Å². The Kier molecular flexibility index (Phi) is 59.9. The minimum absolute atomic E-state index is 0. The summed E-state index contributed by atoms with van der Waals surface area (Å²) < 4.78 is 0. The first-order chi connectivity index (χ1) is 66.2. The maximum Gasteiger partial charge on any atom is 0.0600 e. The van der Waals surface area contributed by atoms with E-state index in [1.807, 2.05) is 0 Å². The number of nitrogens with zero attached hydrogens (tertiary/aromatic N) is 5. The molecule has 10 N–H and O–H groups in total. The van der Waals surface area contributed by atoms with Gasteiger partial charge in [-0.2, -0.15) is 0 Å². The molecule has 0 saturated carbocycles. The Balaban J connectivity index is 0.000000842. The molecule has 10 atom stereocenters. The minimum Gasteiger partial charge on any atom is -0.393 e. The average molecular weight is 2880 g/mol. The van der Waals surface area contributed by atoms with Crippen molar-refractivity contribution >= 4 is 54.5 Å². The van der Waals surface area contributed by atoms with Gasteiger partial charge in [0.25, 0.3) is 0 Å². The van der Waals surface area contributed by atoms with E-state index in [0.29, 0.717) is 32.1 Å². The second kappa shape index (κ2) is 64.2. The van der Waals surface area contributed by atoms with Crippen LogP contribution in [-0.4, -0.2) is 137 Å². The summed E-state index contributed by atoms with van der Waals surface area (Å²) in [5, 5.41) is 91.8. The van der Waals surface area contributed by atoms with Crippen LogP contribution in [0.2, 0.25) is 0 Å². The van der Waals surface area contributed by atoms with Gasteiger partial charge in [-0.05, 0) is 320 Å². The molecule has 15 nitrogen and oxygen atoms in total. The number of rotatable bonds is 15. The number of aryl methyl sites for hydroxylation is 24. The molecule has 20 heteroatoms. The fourth-order valence-electron chi connectivity index (χ4n) is 17.5. The van der Waals surface area contributed by atoms with Gasteiger partial charge in [0.05, 0.1) is 88.6 Å². The summed E-state index contributed by atoms with van der Waals surface area (Å²) in [6.07, 6.45) is -1.39. The van der Waals surface area contributed by atoms with Crippen molar-refractivity contribution in [3.63, 3.8) is 0 Å². The second-order valence-electron chi connectivity index (χ2n) is 40.6. The molecular formula is C127H164Ir5N5O10-5. The van der Waals surface area contributed by atoms with E-state index in [9.17, 15) is 0 Å². The monoisotopic (exact) mass is 2880 g/mol. The molecule has 0 aliphatic heterocycles. The molecule has 5 aromatic heterocycles. The zero-order valence-corrected chi connectivity index (χ0v) is 106. The normalized spacial score (nSPS) is 12.6. The molecule has 0 fully saturated rings. The van der Waals surface area contributed by atoms with Crippen molar-refractivity contribution in [2.45, 2.75) is 349 Å². The van der Waals surface area contributed by atoms with Gasteiger partial charge in [0.2, 0.25) is 0 Å². The first kappa shape index (κ1) is 137. The Bertz CT molecular complexity index is 6650. The number of hydrogen-bond acceptors (Lipinski definition) is 15. The third-order valence-electron chi connectivity index (χ3n) is 24.6. The van der Waals surface area contributed by atoms with Crippen LogP contribution in [0.4, 0.5) is 0 Å². The Morgan fingerprint density at radius 1 is 0.197 bits per heavy atom. The molecular weight excluding hydrogens is 2720 g/mol. The SMILES string of the molecule is CC(O)CC(C)O.CC(O)CC(C)O.CC(O)CC(C)O.CC(O)CC(C)O.CC(O)CC(C)O.Cc1[c-]c(-c2nc3cc(C)cc(C)c3cc2C)c(C)c(C)c1.Cc1[c-]c(-c2nc3cc(C)cc(C)c3cc2C)c(C)cc1.Cc1[c-]c(-c2nc3cc(C)cc(C)c3cc2C)cc(C)c1.Cc1cc(C)c2cc(C)c(-c3[c-]cc(C)c(C)c3)nc2c1.Cc1cc(C)c2cc(C)c(-c3[c-]cc(C)c(C)c3C)nc2c1.[Ir].[Ir].[Ir].[Ir].[Ir]. The number of benzene rings is 10. The summed E-state index contributed by atoms with van der Waals surface area (Å²) in [6, 6.07) is 67.4. The van der Waals surface area contributed by atoms with Crippen LogP contribution in [0.1, 0.15) is 252 Å².